The van der Waals surface area contributed by atoms with Crippen molar-refractivity contribution in [2.75, 3.05) is 13.6 Å². The summed E-state index contributed by atoms with van der Waals surface area (Å²) in [7, 11) is 2.01. The molecular weight excluding hydrogens is 295 g/mol. The highest BCUT2D eigenvalue weighted by atomic mass is 79.9. The van der Waals surface area contributed by atoms with Crippen LogP contribution in [0.3, 0.4) is 0 Å². The SMILES string of the molecule is CCCC(C)N(C)C(CN)c1cc(Br)ccc1F. The van der Waals surface area contributed by atoms with Gasteiger partial charge in [-0.15, -0.1) is 0 Å². The molecule has 0 saturated heterocycles. The van der Waals surface area contributed by atoms with Crippen molar-refractivity contribution in [1.29, 1.82) is 0 Å². The zero-order valence-corrected chi connectivity index (χ0v) is 12.9. The molecule has 0 aliphatic carbocycles. The lowest BCUT2D eigenvalue weighted by molar-refractivity contribution is 0.176. The Morgan fingerprint density at radius 2 is 2.11 bits per heavy atom. The van der Waals surface area contributed by atoms with Crippen molar-refractivity contribution in [2.45, 2.75) is 38.8 Å². The van der Waals surface area contributed by atoms with E-state index in [1.807, 2.05) is 13.1 Å². The van der Waals surface area contributed by atoms with Crippen molar-refractivity contribution in [1.82, 2.24) is 4.90 Å². The van der Waals surface area contributed by atoms with Crippen LogP contribution in [0.25, 0.3) is 0 Å². The van der Waals surface area contributed by atoms with E-state index in [4.69, 9.17) is 5.73 Å². The maximum absolute atomic E-state index is 13.9. The minimum Gasteiger partial charge on any atom is -0.329 e. The van der Waals surface area contributed by atoms with Crippen LogP contribution in [-0.4, -0.2) is 24.5 Å². The molecule has 2 atom stereocenters. The number of benzene rings is 1. The Bertz CT molecular complexity index is 384. The van der Waals surface area contributed by atoms with Gasteiger partial charge in [-0.2, -0.15) is 0 Å². The monoisotopic (exact) mass is 316 g/mol. The van der Waals surface area contributed by atoms with Gasteiger partial charge in [-0.25, -0.2) is 4.39 Å². The van der Waals surface area contributed by atoms with Gasteiger partial charge in [0, 0.05) is 28.7 Å². The summed E-state index contributed by atoms with van der Waals surface area (Å²) in [6, 6.07) is 5.33. The summed E-state index contributed by atoms with van der Waals surface area (Å²) in [5.74, 6) is -0.191. The number of rotatable bonds is 6. The Kier molecular flexibility index (Phi) is 6.26. The number of hydrogen-bond donors (Lipinski definition) is 1. The van der Waals surface area contributed by atoms with Crippen LogP contribution in [0.5, 0.6) is 0 Å². The van der Waals surface area contributed by atoms with Gasteiger partial charge in [0.05, 0.1) is 0 Å². The van der Waals surface area contributed by atoms with Gasteiger partial charge >= 0.3 is 0 Å². The molecule has 1 rings (SSSR count). The lowest BCUT2D eigenvalue weighted by Gasteiger charge is -2.33. The Morgan fingerprint density at radius 1 is 1.44 bits per heavy atom. The van der Waals surface area contributed by atoms with Gasteiger partial charge in [-0.05, 0) is 38.6 Å². The van der Waals surface area contributed by atoms with Crippen molar-refractivity contribution in [2.24, 2.45) is 5.73 Å². The zero-order valence-electron chi connectivity index (χ0n) is 11.3. The zero-order chi connectivity index (χ0) is 13.7. The molecule has 0 aromatic heterocycles. The van der Waals surface area contributed by atoms with Crippen LogP contribution in [0.2, 0.25) is 0 Å². The minimum absolute atomic E-state index is 0.0796. The van der Waals surface area contributed by atoms with Crippen LogP contribution in [0.15, 0.2) is 22.7 Å². The van der Waals surface area contributed by atoms with E-state index in [1.165, 1.54) is 6.07 Å². The molecule has 102 valence electrons. The molecule has 1 aromatic rings. The second kappa shape index (κ2) is 7.22. The molecule has 2 nitrogen and oxygen atoms in total. The van der Waals surface area contributed by atoms with Gasteiger partial charge in [0.15, 0.2) is 0 Å². The summed E-state index contributed by atoms with van der Waals surface area (Å²) in [6.07, 6.45) is 2.20. The molecule has 0 saturated carbocycles. The van der Waals surface area contributed by atoms with Crippen molar-refractivity contribution in [3.05, 3.63) is 34.1 Å². The molecule has 2 N–H and O–H groups in total. The van der Waals surface area contributed by atoms with E-state index >= 15 is 0 Å². The molecule has 0 amide bonds. The lowest BCUT2D eigenvalue weighted by atomic mass is 10.0. The molecule has 0 bridgehead atoms. The first-order valence-electron chi connectivity index (χ1n) is 6.38. The second-order valence-corrected chi connectivity index (χ2v) is 5.64. The van der Waals surface area contributed by atoms with E-state index in [0.717, 1.165) is 17.3 Å². The van der Waals surface area contributed by atoms with Gasteiger partial charge < -0.3 is 5.73 Å². The summed E-state index contributed by atoms with van der Waals surface area (Å²) in [6.45, 7) is 4.72. The summed E-state index contributed by atoms with van der Waals surface area (Å²) in [5.41, 5.74) is 6.50. The molecule has 0 radical (unpaired) electrons. The quantitative estimate of drug-likeness (QED) is 0.867. The van der Waals surface area contributed by atoms with E-state index in [1.54, 1.807) is 6.07 Å². The number of hydrogen-bond acceptors (Lipinski definition) is 2. The normalized spacial score (nSPS) is 14.8. The Balaban J connectivity index is 2.98. The minimum atomic E-state index is -0.191. The summed E-state index contributed by atoms with van der Waals surface area (Å²) in [4.78, 5) is 2.16. The highest BCUT2D eigenvalue weighted by molar-refractivity contribution is 9.10. The Hall–Kier alpha value is -0.450. The fraction of sp³-hybridized carbons (Fsp3) is 0.571. The standard InChI is InChI=1S/C14H22BrFN2/c1-4-5-10(2)18(3)14(9-17)12-8-11(15)6-7-13(12)16/h6-8,10,14H,4-5,9,17H2,1-3H3. The third-order valence-electron chi connectivity index (χ3n) is 3.43. The average molecular weight is 317 g/mol. The lowest BCUT2D eigenvalue weighted by Crippen LogP contribution is -2.37. The van der Waals surface area contributed by atoms with Crippen molar-refractivity contribution in [3.63, 3.8) is 0 Å². The maximum Gasteiger partial charge on any atom is 0.128 e. The van der Waals surface area contributed by atoms with Crippen LogP contribution >= 0.6 is 15.9 Å². The van der Waals surface area contributed by atoms with Gasteiger partial charge in [-0.3, -0.25) is 4.90 Å². The highest BCUT2D eigenvalue weighted by Crippen LogP contribution is 2.27. The second-order valence-electron chi connectivity index (χ2n) is 4.72. The fourth-order valence-corrected chi connectivity index (χ4v) is 2.59. The molecule has 0 aliphatic rings. The molecule has 0 heterocycles. The van der Waals surface area contributed by atoms with Crippen LogP contribution < -0.4 is 5.73 Å². The third-order valence-corrected chi connectivity index (χ3v) is 3.93. The number of halogens is 2. The first-order valence-corrected chi connectivity index (χ1v) is 7.17. The first-order chi connectivity index (χ1) is 8.51. The predicted octanol–water partition coefficient (Wildman–Crippen LogP) is 3.71. The fourth-order valence-electron chi connectivity index (χ4n) is 2.21. The highest BCUT2D eigenvalue weighted by Gasteiger charge is 2.22. The van der Waals surface area contributed by atoms with E-state index in [0.29, 0.717) is 18.2 Å². The molecule has 4 heteroatoms. The largest absolute Gasteiger partial charge is 0.329 e. The summed E-state index contributed by atoms with van der Waals surface area (Å²) < 4.78 is 14.8. The van der Waals surface area contributed by atoms with Gasteiger partial charge in [0.1, 0.15) is 5.82 Å². The van der Waals surface area contributed by atoms with Gasteiger partial charge in [0.2, 0.25) is 0 Å². The van der Waals surface area contributed by atoms with Gasteiger partial charge in [0.25, 0.3) is 0 Å². The number of nitrogens with zero attached hydrogens (tertiary/aromatic N) is 1. The van der Waals surface area contributed by atoms with E-state index in [9.17, 15) is 4.39 Å². The van der Waals surface area contributed by atoms with Crippen molar-refractivity contribution < 1.29 is 4.39 Å². The average Bonchev–Trinajstić information content (AvgIpc) is 2.34. The van der Waals surface area contributed by atoms with Crippen LogP contribution in [0.1, 0.15) is 38.3 Å². The van der Waals surface area contributed by atoms with Crippen LogP contribution in [0.4, 0.5) is 4.39 Å². The Labute approximate surface area is 117 Å². The van der Waals surface area contributed by atoms with E-state index in [-0.39, 0.29) is 11.9 Å². The molecule has 1 aromatic carbocycles. The smallest absolute Gasteiger partial charge is 0.128 e. The first kappa shape index (κ1) is 15.6. The Morgan fingerprint density at radius 3 is 2.67 bits per heavy atom. The van der Waals surface area contributed by atoms with Crippen molar-refractivity contribution >= 4 is 15.9 Å². The molecule has 0 fully saturated rings. The summed E-state index contributed by atoms with van der Waals surface area (Å²) in [5, 5.41) is 0. The molecular formula is C14H22BrFN2. The third kappa shape index (κ3) is 3.77. The molecule has 2 unspecified atom stereocenters. The van der Waals surface area contributed by atoms with Crippen LogP contribution in [0, 0.1) is 5.82 Å². The number of likely N-dealkylation sites (N-methyl/N-ethyl adjacent to an activating group) is 1. The summed E-state index contributed by atoms with van der Waals surface area (Å²) >= 11 is 3.38. The molecule has 0 spiro atoms. The van der Waals surface area contributed by atoms with Crippen molar-refractivity contribution in [3.8, 4) is 0 Å². The van der Waals surface area contributed by atoms with E-state index < -0.39 is 0 Å². The number of nitrogens with two attached hydrogens (primary N) is 1. The van der Waals surface area contributed by atoms with E-state index in [2.05, 4.69) is 34.7 Å². The predicted molar refractivity (Wildman–Crippen MR) is 78.0 cm³/mol. The maximum atomic E-state index is 13.9. The van der Waals surface area contributed by atoms with Gasteiger partial charge in [-0.1, -0.05) is 29.3 Å². The topological polar surface area (TPSA) is 29.3 Å². The van der Waals surface area contributed by atoms with Crippen LogP contribution in [-0.2, 0) is 0 Å². The molecule has 18 heavy (non-hydrogen) atoms. The molecule has 0 aliphatic heterocycles.